The number of carbonyl (C=O) groups is 1. The highest BCUT2D eigenvalue weighted by molar-refractivity contribution is 9.10. The molecular formula is C13H7BrClFN2O3. The predicted octanol–water partition coefficient (Wildman–Crippen LogP) is 4.40. The van der Waals surface area contributed by atoms with Crippen LogP contribution in [0.1, 0.15) is 10.4 Å². The molecule has 8 heteroatoms. The number of hydrogen-bond donors (Lipinski definition) is 1. The van der Waals surface area contributed by atoms with Gasteiger partial charge in [0.15, 0.2) is 0 Å². The first-order valence-electron chi connectivity index (χ1n) is 5.59. The highest BCUT2D eigenvalue weighted by Gasteiger charge is 2.17. The van der Waals surface area contributed by atoms with E-state index in [4.69, 9.17) is 11.6 Å². The van der Waals surface area contributed by atoms with E-state index in [1.54, 1.807) is 0 Å². The number of carbonyl (C=O) groups excluding carboxylic acids is 1. The molecular weight excluding hydrogens is 367 g/mol. The monoisotopic (exact) mass is 372 g/mol. The van der Waals surface area contributed by atoms with Crippen molar-refractivity contribution in [3.8, 4) is 0 Å². The Kier molecular flexibility index (Phi) is 4.54. The Morgan fingerprint density at radius 2 is 2.00 bits per heavy atom. The summed E-state index contributed by atoms with van der Waals surface area (Å²) < 4.78 is 13.6. The first-order valence-corrected chi connectivity index (χ1v) is 6.76. The van der Waals surface area contributed by atoms with E-state index >= 15 is 0 Å². The largest absolute Gasteiger partial charge is 0.321 e. The van der Waals surface area contributed by atoms with Gasteiger partial charge in [0.2, 0.25) is 0 Å². The van der Waals surface area contributed by atoms with E-state index in [2.05, 4.69) is 21.2 Å². The number of halogens is 3. The third-order valence-electron chi connectivity index (χ3n) is 2.58. The van der Waals surface area contributed by atoms with Crippen molar-refractivity contribution in [3.63, 3.8) is 0 Å². The van der Waals surface area contributed by atoms with Crippen molar-refractivity contribution in [1.82, 2.24) is 0 Å². The van der Waals surface area contributed by atoms with Crippen LogP contribution in [0.2, 0.25) is 5.02 Å². The number of anilines is 1. The minimum absolute atomic E-state index is 0.0438. The van der Waals surface area contributed by atoms with Crippen LogP contribution in [0.15, 0.2) is 40.9 Å². The smallest absolute Gasteiger partial charge is 0.288 e. The molecule has 108 valence electrons. The molecule has 0 saturated carbocycles. The summed E-state index contributed by atoms with van der Waals surface area (Å²) in [5, 5.41) is 13.2. The van der Waals surface area contributed by atoms with Crippen LogP contribution in [0.3, 0.4) is 0 Å². The fourth-order valence-electron chi connectivity index (χ4n) is 1.58. The van der Waals surface area contributed by atoms with E-state index in [-0.39, 0.29) is 22.0 Å². The minimum atomic E-state index is -0.683. The minimum Gasteiger partial charge on any atom is -0.321 e. The maximum absolute atomic E-state index is 13.1. The molecule has 0 saturated heterocycles. The van der Waals surface area contributed by atoms with Crippen LogP contribution < -0.4 is 5.32 Å². The van der Waals surface area contributed by atoms with Gasteiger partial charge in [0.05, 0.1) is 10.6 Å². The quantitative estimate of drug-likeness (QED) is 0.640. The maximum Gasteiger partial charge on any atom is 0.288 e. The summed E-state index contributed by atoms with van der Waals surface area (Å²) >= 11 is 8.84. The number of nitrogens with zero attached hydrogens (tertiary/aromatic N) is 1. The predicted molar refractivity (Wildman–Crippen MR) is 80.2 cm³/mol. The summed E-state index contributed by atoms with van der Waals surface area (Å²) in [5.41, 5.74) is -0.109. The van der Waals surface area contributed by atoms with E-state index in [0.717, 1.165) is 12.1 Å². The molecule has 21 heavy (non-hydrogen) atoms. The van der Waals surface area contributed by atoms with Gasteiger partial charge in [-0.25, -0.2) is 4.39 Å². The van der Waals surface area contributed by atoms with Crippen LogP contribution in [0.5, 0.6) is 0 Å². The maximum atomic E-state index is 13.1. The second-order valence-corrected chi connectivity index (χ2v) is 5.26. The van der Waals surface area contributed by atoms with Crippen molar-refractivity contribution in [2.75, 3.05) is 5.32 Å². The van der Waals surface area contributed by atoms with Gasteiger partial charge in [-0.1, -0.05) is 11.6 Å². The normalized spacial score (nSPS) is 10.2. The summed E-state index contributed by atoms with van der Waals surface area (Å²) in [7, 11) is 0. The fourth-order valence-corrected chi connectivity index (χ4v) is 2.11. The number of nitro groups is 1. The van der Waals surface area contributed by atoms with Crippen molar-refractivity contribution >= 4 is 44.8 Å². The molecule has 0 aliphatic heterocycles. The van der Waals surface area contributed by atoms with Crippen LogP contribution >= 0.6 is 27.5 Å². The third-order valence-corrected chi connectivity index (χ3v) is 3.59. The molecule has 2 aromatic carbocycles. The van der Waals surface area contributed by atoms with E-state index in [1.807, 2.05) is 0 Å². The van der Waals surface area contributed by atoms with Crippen LogP contribution in [0, 0.1) is 15.9 Å². The summed E-state index contributed by atoms with van der Waals surface area (Å²) in [6, 6.07) is 7.46. The number of hydrogen-bond acceptors (Lipinski definition) is 3. The van der Waals surface area contributed by atoms with Gasteiger partial charge in [0.25, 0.3) is 11.6 Å². The zero-order chi connectivity index (χ0) is 15.6. The van der Waals surface area contributed by atoms with Crippen molar-refractivity contribution in [2.24, 2.45) is 0 Å². The van der Waals surface area contributed by atoms with Gasteiger partial charge in [0.1, 0.15) is 10.8 Å². The molecule has 0 aromatic heterocycles. The Hall–Kier alpha value is -1.99. The van der Waals surface area contributed by atoms with Crippen molar-refractivity contribution in [3.05, 3.63) is 67.4 Å². The van der Waals surface area contributed by atoms with E-state index in [1.165, 1.54) is 24.3 Å². The Labute approximate surface area is 132 Å². The lowest BCUT2D eigenvalue weighted by atomic mass is 10.2. The van der Waals surface area contributed by atoms with Crippen LogP contribution in [0.25, 0.3) is 0 Å². The SMILES string of the molecule is O=C(Nc1cc(F)ccc1Br)c1ccc(Cl)c([N+](=O)[O-])c1. The molecule has 2 rings (SSSR count). The van der Waals surface area contributed by atoms with Crippen molar-refractivity contribution < 1.29 is 14.1 Å². The Morgan fingerprint density at radius 1 is 1.29 bits per heavy atom. The number of amides is 1. The zero-order valence-electron chi connectivity index (χ0n) is 10.3. The lowest BCUT2D eigenvalue weighted by Crippen LogP contribution is -2.12. The van der Waals surface area contributed by atoms with Gasteiger partial charge in [-0.2, -0.15) is 0 Å². The number of benzene rings is 2. The Bertz CT molecular complexity index is 739. The molecule has 0 unspecified atom stereocenters. The molecule has 0 spiro atoms. The van der Waals surface area contributed by atoms with Crippen LogP contribution in [-0.4, -0.2) is 10.8 Å². The average molecular weight is 374 g/mol. The molecule has 0 aliphatic carbocycles. The highest BCUT2D eigenvalue weighted by atomic mass is 79.9. The standard InChI is InChI=1S/C13H7BrClFN2O3/c14-9-3-2-8(16)6-11(9)17-13(19)7-1-4-10(15)12(5-7)18(20)21/h1-6H,(H,17,19). The first kappa shape index (κ1) is 15.4. The molecule has 1 N–H and O–H groups in total. The Morgan fingerprint density at radius 3 is 2.67 bits per heavy atom. The van der Waals surface area contributed by atoms with Gasteiger partial charge in [-0.05, 0) is 46.3 Å². The van der Waals surface area contributed by atoms with Crippen LogP contribution in [0.4, 0.5) is 15.8 Å². The van der Waals surface area contributed by atoms with Gasteiger partial charge in [-0.15, -0.1) is 0 Å². The van der Waals surface area contributed by atoms with Crippen molar-refractivity contribution in [1.29, 1.82) is 0 Å². The summed E-state index contributed by atoms with van der Waals surface area (Å²) in [6.07, 6.45) is 0. The van der Waals surface area contributed by atoms with Crippen LogP contribution in [-0.2, 0) is 0 Å². The van der Waals surface area contributed by atoms with Crippen molar-refractivity contribution in [2.45, 2.75) is 0 Å². The molecule has 0 radical (unpaired) electrons. The third kappa shape index (κ3) is 3.56. The van der Waals surface area contributed by atoms with E-state index in [9.17, 15) is 19.3 Å². The second-order valence-electron chi connectivity index (χ2n) is 4.00. The number of rotatable bonds is 3. The lowest BCUT2D eigenvalue weighted by Gasteiger charge is -2.07. The van der Waals surface area contributed by atoms with E-state index in [0.29, 0.717) is 4.47 Å². The lowest BCUT2D eigenvalue weighted by molar-refractivity contribution is -0.384. The first-order chi connectivity index (χ1) is 9.88. The molecule has 0 atom stereocenters. The van der Waals surface area contributed by atoms with Gasteiger partial charge < -0.3 is 5.32 Å². The topological polar surface area (TPSA) is 72.2 Å². The highest BCUT2D eigenvalue weighted by Crippen LogP contribution is 2.27. The molecule has 5 nitrogen and oxygen atoms in total. The van der Waals surface area contributed by atoms with E-state index < -0.39 is 16.6 Å². The molecule has 2 aromatic rings. The summed E-state index contributed by atoms with van der Waals surface area (Å²) in [6.45, 7) is 0. The average Bonchev–Trinajstić information content (AvgIpc) is 2.43. The van der Waals surface area contributed by atoms with Gasteiger partial charge >= 0.3 is 0 Å². The Balaban J connectivity index is 2.30. The zero-order valence-corrected chi connectivity index (χ0v) is 12.6. The molecule has 0 bridgehead atoms. The molecule has 0 aliphatic rings. The molecule has 0 fully saturated rings. The summed E-state index contributed by atoms with van der Waals surface area (Å²) in [4.78, 5) is 22.1. The summed E-state index contributed by atoms with van der Waals surface area (Å²) in [5.74, 6) is -1.13. The van der Waals surface area contributed by atoms with Gasteiger partial charge in [-0.3, -0.25) is 14.9 Å². The second kappa shape index (κ2) is 6.19. The fraction of sp³-hybridized carbons (Fsp3) is 0. The molecule has 0 heterocycles. The van der Waals surface area contributed by atoms with Gasteiger partial charge in [0, 0.05) is 16.1 Å². The molecule has 1 amide bonds. The number of nitro benzene ring substituents is 1. The number of nitrogens with one attached hydrogen (secondary N) is 1.